The zero-order valence-electron chi connectivity index (χ0n) is 16.1. The zero-order chi connectivity index (χ0) is 19.7. The van der Waals surface area contributed by atoms with E-state index in [0.29, 0.717) is 0 Å². The highest BCUT2D eigenvalue weighted by atomic mass is 16.5. The Bertz CT molecular complexity index is 1200. The van der Waals surface area contributed by atoms with E-state index in [1.165, 1.54) is 0 Å². The molecule has 0 fully saturated rings. The molecule has 0 unspecified atom stereocenters. The summed E-state index contributed by atoms with van der Waals surface area (Å²) >= 11 is 0. The maximum absolute atomic E-state index is 9.54. The fraction of sp³-hybridized carbons (Fsp3) is 0.125. The third-order valence-electron chi connectivity index (χ3n) is 4.66. The second kappa shape index (κ2) is 7.24. The van der Waals surface area contributed by atoms with Gasteiger partial charge in [0.25, 0.3) is 0 Å². The Balaban J connectivity index is 1.99. The first-order valence-corrected chi connectivity index (χ1v) is 9.07. The highest BCUT2D eigenvalue weighted by molar-refractivity contribution is 5.82. The van der Waals surface area contributed by atoms with E-state index in [-0.39, 0.29) is 5.75 Å². The van der Waals surface area contributed by atoms with Crippen LogP contribution in [0.3, 0.4) is 0 Å². The van der Waals surface area contributed by atoms with Gasteiger partial charge in [-0.05, 0) is 79.6 Å². The standard InChI is InChI=1S/C24H21NO3/c1-15-12-16(2)24-21(25-18-6-8-19(26)9-7-18)14-22(28-23(24)13-15)17-4-10-20(27-3)11-5-17/h4-14,26H,1-3H3. The van der Waals surface area contributed by atoms with Crippen molar-refractivity contribution in [3.8, 4) is 22.8 Å². The average Bonchev–Trinajstić information content (AvgIpc) is 2.69. The summed E-state index contributed by atoms with van der Waals surface area (Å²) in [7, 11) is 1.65. The molecule has 0 saturated carbocycles. The van der Waals surface area contributed by atoms with E-state index in [0.717, 1.165) is 50.2 Å². The molecule has 0 atom stereocenters. The van der Waals surface area contributed by atoms with Gasteiger partial charge in [-0.3, -0.25) is 0 Å². The van der Waals surface area contributed by atoms with Gasteiger partial charge in [-0.15, -0.1) is 0 Å². The van der Waals surface area contributed by atoms with E-state index in [1.807, 2.05) is 36.4 Å². The number of rotatable bonds is 3. The number of hydrogen-bond donors (Lipinski definition) is 1. The van der Waals surface area contributed by atoms with Crippen LogP contribution in [0.5, 0.6) is 11.5 Å². The van der Waals surface area contributed by atoms with Crippen molar-refractivity contribution >= 4 is 16.7 Å². The maximum atomic E-state index is 9.54. The lowest BCUT2D eigenvalue weighted by molar-refractivity contribution is 0.415. The minimum atomic E-state index is 0.220. The fourth-order valence-electron chi connectivity index (χ4n) is 3.33. The summed E-state index contributed by atoms with van der Waals surface area (Å²) in [5, 5.41) is 11.3. The lowest BCUT2D eigenvalue weighted by atomic mass is 10.0. The maximum Gasteiger partial charge on any atom is 0.137 e. The van der Waals surface area contributed by atoms with Gasteiger partial charge in [-0.25, -0.2) is 4.99 Å². The molecule has 3 aromatic carbocycles. The Morgan fingerprint density at radius 1 is 0.893 bits per heavy atom. The van der Waals surface area contributed by atoms with Crippen LogP contribution in [-0.2, 0) is 0 Å². The summed E-state index contributed by atoms with van der Waals surface area (Å²) in [6.07, 6.45) is 0. The van der Waals surface area contributed by atoms with Crippen molar-refractivity contribution < 1.29 is 14.3 Å². The summed E-state index contributed by atoms with van der Waals surface area (Å²) in [5.74, 6) is 1.75. The minimum Gasteiger partial charge on any atom is -0.508 e. The molecule has 1 heterocycles. The first kappa shape index (κ1) is 17.9. The summed E-state index contributed by atoms with van der Waals surface area (Å²) < 4.78 is 11.5. The van der Waals surface area contributed by atoms with Crippen LogP contribution in [0.2, 0.25) is 0 Å². The third-order valence-corrected chi connectivity index (χ3v) is 4.66. The number of aromatic hydroxyl groups is 1. The lowest BCUT2D eigenvalue weighted by Crippen LogP contribution is -2.05. The third kappa shape index (κ3) is 3.49. The number of benzene rings is 3. The number of hydrogen-bond acceptors (Lipinski definition) is 4. The van der Waals surface area contributed by atoms with Crippen molar-refractivity contribution in [2.24, 2.45) is 4.99 Å². The largest absolute Gasteiger partial charge is 0.508 e. The first-order chi connectivity index (χ1) is 13.5. The van der Waals surface area contributed by atoms with Crippen molar-refractivity contribution in [3.05, 3.63) is 83.2 Å². The molecule has 0 amide bonds. The van der Waals surface area contributed by atoms with E-state index in [9.17, 15) is 5.11 Å². The molecule has 0 aliphatic carbocycles. The predicted octanol–water partition coefficient (Wildman–Crippen LogP) is 5.66. The lowest BCUT2D eigenvalue weighted by Gasteiger charge is -2.09. The van der Waals surface area contributed by atoms with Crippen LogP contribution >= 0.6 is 0 Å². The van der Waals surface area contributed by atoms with Crippen molar-refractivity contribution in [1.82, 2.24) is 0 Å². The van der Waals surface area contributed by atoms with Gasteiger partial charge in [0.2, 0.25) is 0 Å². The van der Waals surface area contributed by atoms with E-state index >= 15 is 0 Å². The van der Waals surface area contributed by atoms with Crippen LogP contribution in [0.4, 0.5) is 5.69 Å². The monoisotopic (exact) mass is 371 g/mol. The van der Waals surface area contributed by atoms with Crippen molar-refractivity contribution in [1.29, 1.82) is 0 Å². The van der Waals surface area contributed by atoms with Crippen LogP contribution in [0.15, 0.2) is 76.1 Å². The fourth-order valence-corrected chi connectivity index (χ4v) is 3.33. The van der Waals surface area contributed by atoms with Crippen LogP contribution in [0.25, 0.3) is 22.3 Å². The summed E-state index contributed by atoms with van der Waals surface area (Å²) in [5.41, 5.74) is 4.76. The second-order valence-corrected chi connectivity index (χ2v) is 6.81. The quantitative estimate of drug-likeness (QED) is 0.505. The van der Waals surface area contributed by atoms with Crippen LogP contribution in [0.1, 0.15) is 11.1 Å². The predicted molar refractivity (Wildman–Crippen MR) is 111 cm³/mol. The molecule has 4 rings (SSSR count). The Morgan fingerprint density at radius 2 is 1.61 bits per heavy atom. The Labute approximate surface area is 163 Å². The Morgan fingerprint density at radius 3 is 2.29 bits per heavy atom. The van der Waals surface area contributed by atoms with E-state index in [1.54, 1.807) is 31.4 Å². The number of phenols is 1. The molecule has 28 heavy (non-hydrogen) atoms. The molecule has 0 bridgehead atoms. The normalized spacial score (nSPS) is 11.8. The van der Waals surface area contributed by atoms with Crippen molar-refractivity contribution in [3.63, 3.8) is 0 Å². The van der Waals surface area contributed by atoms with E-state index < -0.39 is 0 Å². The molecule has 0 spiro atoms. The van der Waals surface area contributed by atoms with E-state index in [2.05, 4.69) is 19.9 Å². The van der Waals surface area contributed by atoms with Gasteiger partial charge < -0.3 is 14.3 Å². The minimum absolute atomic E-state index is 0.220. The number of fused-ring (bicyclic) bond motifs is 1. The van der Waals surface area contributed by atoms with Crippen molar-refractivity contribution in [2.45, 2.75) is 13.8 Å². The highest BCUT2D eigenvalue weighted by Gasteiger charge is 2.09. The summed E-state index contributed by atoms with van der Waals surface area (Å²) in [6.45, 7) is 4.12. The van der Waals surface area contributed by atoms with Gasteiger partial charge in [0.1, 0.15) is 22.8 Å². The van der Waals surface area contributed by atoms with Gasteiger partial charge in [-0.2, -0.15) is 0 Å². The summed E-state index contributed by atoms with van der Waals surface area (Å²) in [4.78, 5) is 4.82. The smallest absolute Gasteiger partial charge is 0.137 e. The van der Waals surface area contributed by atoms with Crippen LogP contribution in [-0.4, -0.2) is 12.2 Å². The molecule has 0 aliphatic rings. The molecular formula is C24H21NO3. The van der Waals surface area contributed by atoms with Gasteiger partial charge in [0, 0.05) is 17.0 Å². The number of methoxy groups -OCH3 is 1. The Hall–Kier alpha value is -3.53. The molecule has 0 aliphatic heterocycles. The van der Waals surface area contributed by atoms with Crippen LogP contribution in [0, 0.1) is 13.8 Å². The molecule has 4 aromatic rings. The SMILES string of the molecule is COc1ccc(-c2cc(=Nc3ccc(O)cc3)c3c(C)cc(C)cc3o2)cc1. The van der Waals surface area contributed by atoms with Crippen molar-refractivity contribution in [2.75, 3.05) is 7.11 Å². The molecule has 1 N–H and O–H groups in total. The van der Waals surface area contributed by atoms with Crippen LogP contribution < -0.4 is 10.1 Å². The molecule has 0 saturated heterocycles. The molecule has 1 aromatic heterocycles. The molecule has 0 radical (unpaired) electrons. The average molecular weight is 371 g/mol. The second-order valence-electron chi connectivity index (χ2n) is 6.81. The number of ether oxygens (including phenoxy) is 1. The Kier molecular flexibility index (Phi) is 4.62. The molecular weight excluding hydrogens is 350 g/mol. The topological polar surface area (TPSA) is 55.0 Å². The van der Waals surface area contributed by atoms with Gasteiger partial charge >= 0.3 is 0 Å². The first-order valence-electron chi connectivity index (χ1n) is 9.07. The summed E-state index contributed by atoms with van der Waals surface area (Å²) in [6, 6.07) is 20.7. The number of phenolic OH excluding ortho intramolecular Hbond substituents is 1. The molecule has 4 nitrogen and oxygen atoms in total. The zero-order valence-corrected chi connectivity index (χ0v) is 16.1. The highest BCUT2D eigenvalue weighted by Crippen LogP contribution is 2.27. The van der Waals surface area contributed by atoms with Gasteiger partial charge in [0.05, 0.1) is 18.2 Å². The number of aryl methyl sites for hydroxylation is 2. The number of nitrogens with zero attached hydrogens (tertiary/aromatic N) is 1. The molecule has 4 heteroatoms. The van der Waals surface area contributed by atoms with Gasteiger partial charge in [0.15, 0.2) is 0 Å². The van der Waals surface area contributed by atoms with E-state index in [4.69, 9.17) is 14.1 Å². The molecule has 140 valence electrons. The van der Waals surface area contributed by atoms with Gasteiger partial charge in [-0.1, -0.05) is 6.07 Å².